The fourth-order valence-corrected chi connectivity index (χ4v) is 1.57. The predicted molar refractivity (Wildman–Crippen MR) is 74.1 cm³/mol. The average molecular weight is 256 g/mol. The first kappa shape index (κ1) is 17.2. The van der Waals surface area contributed by atoms with Gasteiger partial charge in [-0.1, -0.05) is 58.1 Å². The van der Waals surface area contributed by atoms with Crippen molar-refractivity contribution in [3.63, 3.8) is 0 Å². The van der Waals surface area contributed by atoms with E-state index >= 15 is 0 Å². The van der Waals surface area contributed by atoms with Gasteiger partial charge in [0, 0.05) is 6.42 Å². The molecule has 0 aromatic rings. The highest BCUT2D eigenvalue weighted by atomic mass is 17.2. The maximum absolute atomic E-state index is 11.2. The lowest BCUT2D eigenvalue weighted by Crippen LogP contribution is -2.05. The third-order valence-corrected chi connectivity index (χ3v) is 2.69. The summed E-state index contributed by atoms with van der Waals surface area (Å²) in [6, 6.07) is 0. The SMILES string of the molecule is CCCCCC/C=C\COOC(=O)CCCCC. The van der Waals surface area contributed by atoms with Crippen molar-refractivity contribution in [1.29, 1.82) is 0 Å². The van der Waals surface area contributed by atoms with Crippen LogP contribution in [0, 0.1) is 0 Å². The van der Waals surface area contributed by atoms with E-state index in [-0.39, 0.29) is 5.97 Å². The molecule has 106 valence electrons. The molecule has 0 unspecified atom stereocenters. The van der Waals surface area contributed by atoms with Gasteiger partial charge in [-0.25, -0.2) is 4.79 Å². The van der Waals surface area contributed by atoms with Crippen molar-refractivity contribution in [2.24, 2.45) is 0 Å². The second-order valence-corrected chi connectivity index (χ2v) is 4.52. The third-order valence-electron chi connectivity index (χ3n) is 2.69. The second-order valence-electron chi connectivity index (χ2n) is 4.52. The van der Waals surface area contributed by atoms with Gasteiger partial charge in [-0.3, -0.25) is 4.89 Å². The standard InChI is InChI=1S/C15H28O3/c1-3-5-7-8-9-10-12-14-17-18-15(16)13-11-6-4-2/h10,12H,3-9,11,13-14H2,1-2H3/b12-10-. The Morgan fingerprint density at radius 2 is 1.67 bits per heavy atom. The van der Waals surface area contributed by atoms with E-state index in [1.165, 1.54) is 25.7 Å². The number of allylic oxidation sites excluding steroid dienone is 1. The molecular weight excluding hydrogens is 228 g/mol. The summed E-state index contributed by atoms with van der Waals surface area (Å²) >= 11 is 0. The summed E-state index contributed by atoms with van der Waals surface area (Å²) in [7, 11) is 0. The smallest absolute Gasteiger partial charge is 0.298 e. The second kappa shape index (κ2) is 14.2. The van der Waals surface area contributed by atoms with Gasteiger partial charge in [-0.05, 0) is 19.3 Å². The molecule has 3 heteroatoms. The normalized spacial score (nSPS) is 11.0. The predicted octanol–water partition coefficient (Wildman–Crippen LogP) is 4.57. The van der Waals surface area contributed by atoms with E-state index in [1.807, 2.05) is 6.08 Å². The summed E-state index contributed by atoms with van der Waals surface area (Å²) in [5, 5.41) is 0. The molecule has 3 nitrogen and oxygen atoms in total. The minimum atomic E-state index is -0.264. The Morgan fingerprint density at radius 3 is 2.39 bits per heavy atom. The zero-order chi connectivity index (χ0) is 13.5. The number of hydrogen-bond donors (Lipinski definition) is 0. The van der Waals surface area contributed by atoms with Gasteiger partial charge in [0.1, 0.15) is 6.61 Å². The summed E-state index contributed by atoms with van der Waals surface area (Å²) < 4.78 is 0. The molecule has 0 spiro atoms. The van der Waals surface area contributed by atoms with E-state index in [2.05, 4.69) is 24.8 Å². The molecule has 0 aromatic heterocycles. The Morgan fingerprint density at radius 1 is 0.944 bits per heavy atom. The van der Waals surface area contributed by atoms with Gasteiger partial charge >= 0.3 is 5.97 Å². The van der Waals surface area contributed by atoms with Crippen LogP contribution in [0.15, 0.2) is 12.2 Å². The summed E-state index contributed by atoms with van der Waals surface area (Å²) in [6.45, 7) is 4.67. The van der Waals surface area contributed by atoms with Crippen LogP contribution in [0.4, 0.5) is 0 Å². The summed E-state index contributed by atoms with van der Waals surface area (Å²) in [5.74, 6) is -0.264. The zero-order valence-electron chi connectivity index (χ0n) is 12.0. The van der Waals surface area contributed by atoms with E-state index in [4.69, 9.17) is 4.89 Å². The van der Waals surface area contributed by atoms with Crippen LogP contribution in [0.25, 0.3) is 0 Å². The number of rotatable bonds is 12. The molecule has 0 radical (unpaired) electrons. The average Bonchev–Trinajstić information content (AvgIpc) is 2.37. The Balaban J connectivity index is 3.22. The number of carbonyl (C=O) groups excluding carboxylic acids is 1. The molecule has 0 rings (SSSR count). The zero-order valence-corrected chi connectivity index (χ0v) is 12.0. The van der Waals surface area contributed by atoms with Crippen LogP contribution < -0.4 is 0 Å². The number of unbranched alkanes of at least 4 members (excludes halogenated alkanes) is 6. The van der Waals surface area contributed by atoms with Crippen LogP contribution in [0.1, 0.15) is 71.6 Å². The molecule has 0 saturated heterocycles. The number of hydrogen-bond acceptors (Lipinski definition) is 3. The van der Waals surface area contributed by atoms with E-state index in [0.717, 1.165) is 25.7 Å². The van der Waals surface area contributed by atoms with Crippen molar-refractivity contribution < 1.29 is 14.6 Å². The maximum atomic E-state index is 11.2. The first-order chi connectivity index (χ1) is 8.81. The van der Waals surface area contributed by atoms with Crippen molar-refractivity contribution in [2.75, 3.05) is 6.61 Å². The highest BCUT2D eigenvalue weighted by molar-refractivity contribution is 5.68. The first-order valence-corrected chi connectivity index (χ1v) is 7.28. The fourth-order valence-electron chi connectivity index (χ4n) is 1.57. The fraction of sp³-hybridized carbons (Fsp3) is 0.800. The Bertz CT molecular complexity index is 212. The molecule has 0 amide bonds. The molecule has 0 aliphatic carbocycles. The van der Waals surface area contributed by atoms with E-state index in [1.54, 1.807) is 0 Å². The topological polar surface area (TPSA) is 35.5 Å². The monoisotopic (exact) mass is 256 g/mol. The quantitative estimate of drug-likeness (QED) is 0.222. The molecule has 0 saturated carbocycles. The van der Waals surface area contributed by atoms with E-state index < -0.39 is 0 Å². The van der Waals surface area contributed by atoms with Gasteiger partial charge in [0.2, 0.25) is 0 Å². The van der Waals surface area contributed by atoms with Crippen molar-refractivity contribution in [1.82, 2.24) is 0 Å². The molecule has 0 aliphatic rings. The lowest BCUT2D eigenvalue weighted by Gasteiger charge is -2.00. The van der Waals surface area contributed by atoms with Crippen LogP contribution in [0.2, 0.25) is 0 Å². The minimum Gasteiger partial charge on any atom is -0.298 e. The van der Waals surface area contributed by atoms with E-state index in [9.17, 15) is 4.79 Å². The molecule has 0 atom stereocenters. The maximum Gasteiger partial charge on any atom is 0.342 e. The lowest BCUT2D eigenvalue weighted by atomic mass is 10.1. The summed E-state index contributed by atoms with van der Waals surface area (Å²) in [5.41, 5.74) is 0. The summed E-state index contributed by atoms with van der Waals surface area (Å²) in [4.78, 5) is 20.6. The van der Waals surface area contributed by atoms with Gasteiger partial charge in [0.25, 0.3) is 0 Å². The van der Waals surface area contributed by atoms with Gasteiger partial charge in [-0.15, -0.1) is 0 Å². The highest BCUT2D eigenvalue weighted by Crippen LogP contribution is 2.03. The third kappa shape index (κ3) is 13.2. The summed E-state index contributed by atoms with van der Waals surface area (Å²) in [6.07, 6.45) is 13.7. The van der Waals surface area contributed by atoms with Crippen molar-refractivity contribution >= 4 is 5.97 Å². The van der Waals surface area contributed by atoms with Crippen LogP contribution >= 0.6 is 0 Å². The number of carbonyl (C=O) groups is 1. The molecule has 0 bridgehead atoms. The van der Waals surface area contributed by atoms with Crippen molar-refractivity contribution in [2.45, 2.75) is 71.6 Å². The lowest BCUT2D eigenvalue weighted by molar-refractivity contribution is -0.265. The van der Waals surface area contributed by atoms with Gasteiger partial charge in [-0.2, -0.15) is 4.89 Å². The largest absolute Gasteiger partial charge is 0.342 e. The van der Waals surface area contributed by atoms with Gasteiger partial charge < -0.3 is 0 Å². The molecule has 0 heterocycles. The molecule has 0 aromatic carbocycles. The van der Waals surface area contributed by atoms with Crippen molar-refractivity contribution in [3.8, 4) is 0 Å². The Kier molecular flexibility index (Phi) is 13.6. The van der Waals surface area contributed by atoms with Crippen LogP contribution in [0.5, 0.6) is 0 Å². The van der Waals surface area contributed by atoms with E-state index in [0.29, 0.717) is 13.0 Å². The molecule has 0 fully saturated rings. The molecule has 18 heavy (non-hydrogen) atoms. The first-order valence-electron chi connectivity index (χ1n) is 7.28. The van der Waals surface area contributed by atoms with Crippen LogP contribution in [0.3, 0.4) is 0 Å². The van der Waals surface area contributed by atoms with Gasteiger partial charge in [0.15, 0.2) is 0 Å². The molecular formula is C15H28O3. The van der Waals surface area contributed by atoms with Crippen molar-refractivity contribution in [3.05, 3.63) is 12.2 Å². The minimum absolute atomic E-state index is 0.264. The molecule has 0 aliphatic heterocycles. The Labute approximate surface area is 111 Å². The molecule has 0 N–H and O–H groups in total. The van der Waals surface area contributed by atoms with Crippen LogP contribution in [-0.4, -0.2) is 12.6 Å². The Hall–Kier alpha value is -0.830. The van der Waals surface area contributed by atoms with Gasteiger partial charge in [0.05, 0.1) is 0 Å². The van der Waals surface area contributed by atoms with Crippen LogP contribution in [-0.2, 0) is 14.6 Å². The highest BCUT2D eigenvalue weighted by Gasteiger charge is 2.01.